The number of benzene rings is 1. The van der Waals surface area contributed by atoms with Crippen molar-refractivity contribution in [1.29, 1.82) is 0 Å². The summed E-state index contributed by atoms with van der Waals surface area (Å²) in [7, 11) is 0. The standard InChI is InChI=1S/C19H25N3O2/c23-16(12-22-9-4-8-20-22)11-21-13-17(15-5-2-1-3-6-15)18-14-24-10-7-19(18)21/h1-6,8-9,16-19,23H,7,10-14H2. The van der Waals surface area contributed by atoms with E-state index in [-0.39, 0.29) is 0 Å². The Hall–Kier alpha value is -1.69. The van der Waals surface area contributed by atoms with Crippen LogP contribution in [0.15, 0.2) is 48.8 Å². The van der Waals surface area contributed by atoms with Crippen molar-refractivity contribution in [2.75, 3.05) is 26.3 Å². The van der Waals surface area contributed by atoms with Crippen LogP contribution in [-0.4, -0.2) is 58.2 Å². The predicted octanol–water partition coefficient (Wildman–Crippen LogP) is 1.75. The molecular weight excluding hydrogens is 302 g/mol. The topological polar surface area (TPSA) is 50.5 Å². The molecule has 4 atom stereocenters. The largest absolute Gasteiger partial charge is 0.390 e. The zero-order chi connectivity index (χ0) is 16.4. The van der Waals surface area contributed by atoms with Crippen molar-refractivity contribution < 1.29 is 9.84 Å². The van der Waals surface area contributed by atoms with Gasteiger partial charge < -0.3 is 9.84 Å². The van der Waals surface area contributed by atoms with Crippen molar-refractivity contribution >= 4 is 0 Å². The third kappa shape index (κ3) is 3.24. The van der Waals surface area contributed by atoms with Crippen LogP contribution in [0.5, 0.6) is 0 Å². The Labute approximate surface area is 142 Å². The summed E-state index contributed by atoms with van der Waals surface area (Å²) in [5, 5.41) is 14.7. The second kappa shape index (κ2) is 7.05. The van der Waals surface area contributed by atoms with Gasteiger partial charge in [-0.2, -0.15) is 5.10 Å². The fraction of sp³-hybridized carbons (Fsp3) is 0.526. The van der Waals surface area contributed by atoms with Gasteiger partial charge in [-0.15, -0.1) is 0 Å². The number of aliphatic hydroxyl groups is 1. The second-order valence-corrected chi connectivity index (χ2v) is 6.95. The summed E-state index contributed by atoms with van der Waals surface area (Å²) in [5.41, 5.74) is 1.39. The van der Waals surface area contributed by atoms with Crippen molar-refractivity contribution in [3.05, 3.63) is 54.4 Å². The van der Waals surface area contributed by atoms with Crippen LogP contribution in [0, 0.1) is 5.92 Å². The number of rotatable bonds is 5. The number of aliphatic hydroxyl groups excluding tert-OH is 1. The van der Waals surface area contributed by atoms with Crippen LogP contribution in [0.3, 0.4) is 0 Å². The highest BCUT2D eigenvalue weighted by Crippen LogP contribution is 2.40. The van der Waals surface area contributed by atoms with E-state index in [0.29, 0.717) is 31.0 Å². The number of β-amino-alcohol motifs (C(OH)–C–C–N with tert-alkyl or cyclic N) is 1. The molecule has 2 fully saturated rings. The van der Waals surface area contributed by atoms with Gasteiger partial charge in [0.05, 0.1) is 19.3 Å². The molecule has 4 unspecified atom stereocenters. The highest BCUT2D eigenvalue weighted by atomic mass is 16.5. The van der Waals surface area contributed by atoms with Gasteiger partial charge in [-0.25, -0.2) is 0 Å². The Kier molecular flexibility index (Phi) is 4.65. The van der Waals surface area contributed by atoms with Crippen molar-refractivity contribution in [3.8, 4) is 0 Å². The van der Waals surface area contributed by atoms with E-state index in [1.165, 1.54) is 5.56 Å². The summed E-state index contributed by atoms with van der Waals surface area (Å²) < 4.78 is 7.57. The van der Waals surface area contributed by atoms with Crippen LogP contribution in [0.25, 0.3) is 0 Å². The molecule has 4 rings (SSSR count). The number of aromatic nitrogens is 2. The van der Waals surface area contributed by atoms with Crippen LogP contribution in [-0.2, 0) is 11.3 Å². The van der Waals surface area contributed by atoms with Crippen molar-refractivity contribution in [3.63, 3.8) is 0 Å². The molecule has 3 heterocycles. The van der Waals surface area contributed by atoms with Gasteiger partial charge in [0.25, 0.3) is 0 Å². The Morgan fingerprint density at radius 2 is 2.08 bits per heavy atom. The molecular formula is C19H25N3O2. The predicted molar refractivity (Wildman–Crippen MR) is 91.7 cm³/mol. The third-order valence-corrected chi connectivity index (χ3v) is 5.41. The molecule has 24 heavy (non-hydrogen) atoms. The molecule has 0 bridgehead atoms. The second-order valence-electron chi connectivity index (χ2n) is 6.95. The van der Waals surface area contributed by atoms with Crippen LogP contribution in [0.2, 0.25) is 0 Å². The minimum Gasteiger partial charge on any atom is -0.390 e. The van der Waals surface area contributed by atoms with E-state index in [0.717, 1.165) is 26.2 Å². The quantitative estimate of drug-likeness (QED) is 0.909. The Bertz CT molecular complexity index is 631. The highest BCUT2D eigenvalue weighted by Gasteiger charge is 2.44. The fourth-order valence-corrected chi connectivity index (χ4v) is 4.33. The lowest BCUT2D eigenvalue weighted by Crippen LogP contribution is -2.43. The van der Waals surface area contributed by atoms with Gasteiger partial charge in [0.15, 0.2) is 0 Å². The van der Waals surface area contributed by atoms with Gasteiger partial charge in [-0.05, 0) is 18.1 Å². The van der Waals surface area contributed by atoms with Crippen molar-refractivity contribution in [2.24, 2.45) is 5.92 Å². The molecule has 2 aliphatic heterocycles. The first-order valence-electron chi connectivity index (χ1n) is 8.83. The van der Waals surface area contributed by atoms with Crippen LogP contribution in [0.1, 0.15) is 17.9 Å². The number of fused-ring (bicyclic) bond motifs is 1. The number of likely N-dealkylation sites (tertiary alicyclic amines) is 1. The molecule has 2 aromatic rings. The first-order valence-corrected chi connectivity index (χ1v) is 8.83. The molecule has 0 aliphatic carbocycles. The van der Waals surface area contributed by atoms with Gasteiger partial charge in [0.2, 0.25) is 0 Å². The van der Waals surface area contributed by atoms with E-state index >= 15 is 0 Å². The molecule has 1 N–H and O–H groups in total. The average Bonchev–Trinajstić information content (AvgIpc) is 3.24. The van der Waals surface area contributed by atoms with Crippen LogP contribution in [0.4, 0.5) is 0 Å². The van der Waals surface area contributed by atoms with Crippen molar-refractivity contribution in [1.82, 2.24) is 14.7 Å². The van der Waals surface area contributed by atoms with E-state index < -0.39 is 6.10 Å². The molecule has 5 heteroatoms. The zero-order valence-corrected chi connectivity index (χ0v) is 13.9. The molecule has 128 valence electrons. The van der Waals surface area contributed by atoms with Gasteiger partial charge in [-0.1, -0.05) is 30.3 Å². The molecule has 2 saturated heterocycles. The lowest BCUT2D eigenvalue weighted by molar-refractivity contribution is 0.00683. The molecule has 1 aromatic carbocycles. The van der Waals surface area contributed by atoms with E-state index in [1.54, 1.807) is 10.9 Å². The number of hydrogen-bond acceptors (Lipinski definition) is 4. The highest BCUT2D eigenvalue weighted by molar-refractivity contribution is 5.23. The molecule has 0 saturated carbocycles. The van der Waals surface area contributed by atoms with Crippen molar-refractivity contribution in [2.45, 2.75) is 31.0 Å². The molecule has 0 amide bonds. The Morgan fingerprint density at radius 3 is 2.88 bits per heavy atom. The SMILES string of the molecule is OC(CN1CC(c2ccccc2)C2COCCC21)Cn1cccn1. The third-order valence-electron chi connectivity index (χ3n) is 5.41. The summed E-state index contributed by atoms with van der Waals surface area (Å²) in [4.78, 5) is 2.47. The fourth-order valence-electron chi connectivity index (χ4n) is 4.33. The maximum atomic E-state index is 10.5. The maximum Gasteiger partial charge on any atom is 0.0862 e. The molecule has 2 aliphatic rings. The summed E-state index contributed by atoms with van der Waals surface area (Å²) >= 11 is 0. The summed E-state index contributed by atoms with van der Waals surface area (Å²) in [6.45, 7) is 3.90. The minimum atomic E-state index is -0.400. The smallest absolute Gasteiger partial charge is 0.0862 e. The molecule has 0 radical (unpaired) electrons. The maximum absolute atomic E-state index is 10.5. The lowest BCUT2D eigenvalue weighted by atomic mass is 9.84. The van der Waals surface area contributed by atoms with Gasteiger partial charge in [0, 0.05) is 50.0 Å². The monoisotopic (exact) mass is 327 g/mol. The summed E-state index contributed by atoms with van der Waals surface area (Å²) in [5.74, 6) is 1.02. The number of nitrogens with zero attached hydrogens (tertiary/aromatic N) is 3. The van der Waals surface area contributed by atoms with Gasteiger partial charge >= 0.3 is 0 Å². The number of hydrogen-bond donors (Lipinski definition) is 1. The first-order chi connectivity index (χ1) is 11.8. The Morgan fingerprint density at radius 1 is 1.21 bits per heavy atom. The Balaban J connectivity index is 1.46. The van der Waals surface area contributed by atoms with Crippen LogP contribution >= 0.6 is 0 Å². The first kappa shape index (κ1) is 15.8. The number of ether oxygens (including phenoxy) is 1. The van der Waals surface area contributed by atoms with Crippen LogP contribution < -0.4 is 0 Å². The lowest BCUT2D eigenvalue weighted by Gasteiger charge is -2.33. The normalized spacial score (nSPS) is 28.6. The van der Waals surface area contributed by atoms with Gasteiger partial charge in [0.1, 0.15) is 0 Å². The summed E-state index contributed by atoms with van der Waals surface area (Å²) in [6, 6.07) is 13.1. The van der Waals surface area contributed by atoms with E-state index in [9.17, 15) is 5.11 Å². The molecule has 1 aromatic heterocycles. The summed E-state index contributed by atoms with van der Waals surface area (Å²) in [6.07, 6.45) is 4.31. The van der Waals surface area contributed by atoms with E-state index in [2.05, 4.69) is 40.3 Å². The molecule has 0 spiro atoms. The average molecular weight is 327 g/mol. The van der Waals surface area contributed by atoms with E-state index in [1.807, 2.05) is 12.3 Å². The van der Waals surface area contributed by atoms with Gasteiger partial charge in [-0.3, -0.25) is 9.58 Å². The molecule has 5 nitrogen and oxygen atoms in total. The van der Waals surface area contributed by atoms with E-state index in [4.69, 9.17) is 4.74 Å². The zero-order valence-electron chi connectivity index (χ0n) is 13.9. The minimum absolute atomic E-state index is 0.400.